The predicted octanol–water partition coefficient (Wildman–Crippen LogP) is 3.07. The van der Waals surface area contributed by atoms with Crippen molar-refractivity contribution < 1.29 is 4.79 Å². The molecule has 6 nitrogen and oxygen atoms in total. The van der Waals surface area contributed by atoms with Gasteiger partial charge in [0.25, 0.3) is 0 Å². The minimum atomic E-state index is -0.0567. The van der Waals surface area contributed by atoms with Gasteiger partial charge in [0.1, 0.15) is 5.01 Å². The molecule has 1 aliphatic carbocycles. The highest BCUT2D eigenvalue weighted by Crippen LogP contribution is 2.42. The van der Waals surface area contributed by atoms with Gasteiger partial charge in [-0.05, 0) is 32.6 Å². The van der Waals surface area contributed by atoms with Gasteiger partial charge in [0.15, 0.2) is 0 Å². The number of hydrogen-bond donors (Lipinski definition) is 1. The predicted molar refractivity (Wildman–Crippen MR) is 90.8 cm³/mol. The first kappa shape index (κ1) is 16.1. The highest BCUT2D eigenvalue weighted by Gasteiger charge is 2.27. The van der Waals surface area contributed by atoms with Crippen LogP contribution in [0.2, 0.25) is 0 Å². The van der Waals surface area contributed by atoms with Crippen LogP contribution in [0, 0.1) is 19.8 Å². The first-order chi connectivity index (χ1) is 10.9. The van der Waals surface area contributed by atoms with E-state index in [2.05, 4.69) is 34.5 Å². The number of aryl methyl sites for hydroxylation is 1. The molecule has 0 bridgehead atoms. The normalized spacial score (nSPS) is 14.5. The fraction of sp³-hybridized carbons (Fsp3) is 0.625. The van der Waals surface area contributed by atoms with E-state index in [0.717, 1.165) is 28.5 Å². The van der Waals surface area contributed by atoms with Crippen LogP contribution >= 0.6 is 11.3 Å². The number of carbonyl (C=O) groups excluding carboxylic acids is 1. The molecule has 124 valence electrons. The van der Waals surface area contributed by atoms with Crippen LogP contribution in [0.5, 0.6) is 0 Å². The zero-order valence-corrected chi connectivity index (χ0v) is 14.9. The summed E-state index contributed by atoms with van der Waals surface area (Å²) in [7, 11) is 0. The maximum absolute atomic E-state index is 12.3. The Balaban J connectivity index is 1.65. The van der Waals surface area contributed by atoms with Crippen LogP contribution in [0.3, 0.4) is 0 Å². The minimum Gasteiger partial charge on any atom is -0.300 e. The van der Waals surface area contributed by atoms with Crippen molar-refractivity contribution in [3.63, 3.8) is 0 Å². The Morgan fingerprint density at radius 1 is 1.35 bits per heavy atom. The van der Waals surface area contributed by atoms with E-state index in [1.807, 2.05) is 18.5 Å². The molecule has 2 heterocycles. The zero-order chi connectivity index (χ0) is 16.6. The molecule has 2 aromatic rings. The number of aromatic nitrogens is 4. The van der Waals surface area contributed by atoms with Gasteiger partial charge in [0.05, 0.1) is 12.1 Å². The number of nitrogens with one attached hydrogen (secondary N) is 1. The van der Waals surface area contributed by atoms with Crippen molar-refractivity contribution in [2.75, 3.05) is 5.32 Å². The lowest BCUT2D eigenvalue weighted by atomic mass is 10.1. The Kier molecular flexibility index (Phi) is 4.48. The lowest BCUT2D eigenvalue weighted by Crippen LogP contribution is -2.15. The number of nitrogens with zero attached hydrogens (tertiary/aromatic N) is 4. The fourth-order valence-corrected chi connectivity index (χ4v) is 3.55. The summed E-state index contributed by atoms with van der Waals surface area (Å²) in [6.45, 7) is 9.19. The molecule has 7 heteroatoms. The van der Waals surface area contributed by atoms with E-state index in [-0.39, 0.29) is 5.91 Å². The van der Waals surface area contributed by atoms with E-state index in [1.165, 1.54) is 24.2 Å². The second-order valence-electron chi connectivity index (χ2n) is 6.67. The summed E-state index contributed by atoms with van der Waals surface area (Å²) in [6, 6.07) is 0. The lowest BCUT2D eigenvalue weighted by Gasteiger charge is -2.08. The Bertz CT molecular complexity index is 714. The van der Waals surface area contributed by atoms with E-state index < -0.39 is 0 Å². The molecular formula is C16H23N5OS. The molecule has 0 spiro atoms. The van der Waals surface area contributed by atoms with Gasteiger partial charge in [-0.3, -0.25) is 9.48 Å². The van der Waals surface area contributed by atoms with Gasteiger partial charge >= 0.3 is 0 Å². The Morgan fingerprint density at radius 3 is 2.74 bits per heavy atom. The summed E-state index contributed by atoms with van der Waals surface area (Å²) >= 11 is 1.49. The molecule has 0 saturated heterocycles. The fourth-order valence-electron chi connectivity index (χ4n) is 2.62. The summed E-state index contributed by atoms with van der Waals surface area (Å²) in [5, 5.41) is 17.3. The Labute approximate surface area is 140 Å². The molecule has 23 heavy (non-hydrogen) atoms. The van der Waals surface area contributed by atoms with Crippen LogP contribution < -0.4 is 5.32 Å². The van der Waals surface area contributed by atoms with Gasteiger partial charge in [-0.2, -0.15) is 5.10 Å². The zero-order valence-electron chi connectivity index (χ0n) is 14.1. The molecular weight excluding hydrogens is 310 g/mol. The van der Waals surface area contributed by atoms with Crippen molar-refractivity contribution in [2.45, 2.75) is 59.4 Å². The van der Waals surface area contributed by atoms with Crippen molar-refractivity contribution in [1.82, 2.24) is 20.0 Å². The van der Waals surface area contributed by atoms with E-state index in [4.69, 9.17) is 0 Å². The highest BCUT2D eigenvalue weighted by molar-refractivity contribution is 7.15. The molecule has 1 fully saturated rings. The molecule has 0 aliphatic heterocycles. The summed E-state index contributed by atoms with van der Waals surface area (Å²) in [5.74, 6) is 1.03. The third kappa shape index (κ3) is 3.77. The van der Waals surface area contributed by atoms with Gasteiger partial charge in [-0.15, -0.1) is 10.2 Å². The van der Waals surface area contributed by atoms with Crippen molar-refractivity contribution in [3.05, 3.63) is 22.0 Å². The lowest BCUT2D eigenvalue weighted by molar-refractivity contribution is -0.115. The third-order valence-corrected chi connectivity index (χ3v) is 5.02. The summed E-state index contributed by atoms with van der Waals surface area (Å²) in [5.41, 5.74) is 3.01. The summed E-state index contributed by atoms with van der Waals surface area (Å²) in [6.07, 6.45) is 2.71. The van der Waals surface area contributed by atoms with Crippen LogP contribution in [0.25, 0.3) is 0 Å². The molecule has 2 aromatic heterocycles. The van der Waals surface area contributed by atoms with Gasteiger partial charge in [0.2, 0.25) is 11.0 Å². The molecule has 0 unspecified atom stereocenters. The van der Waals surface area contributed by atoms with Crippen molar-refractivity contribution >= 4 is 22.4 Å². The van der Waals surface area contributed by atoms with Crippen LogP contribution in [0.4, 0.5) is 5.13 Å². The maximum atomic E-state index is 12.3. The average molecular weight is 333 g/mol. The highest BCUT2D eigenvalue weighted by atomic mass is 32.1. The average Bonchev–Trinajstić information content (AvgIpc) is 3.17. The molecule has 1 amide bonds. The molecule has 3 rings (SSSR count). The minimum absolute atomic E-state index is 0.0567. The molecule has 0 aromatic carbocycles. The second-order valence-corrected chi connectivity index (χ2v) is 7.68. The molecule has 1 aliphatic rings. The van der Waals surface area contributed by atoms with Crippen LogP contribution in [-0.4, -0.2) is 25.9 Å². The molecule has 1 N–H and O–H groups in total. The monoisotopic (exact) mass is 333 g/mol. The standard InChI is InChI=1S/C16H23N5OS/c1-9(2)8-21-11(4)13(10(3)20-21)7-14(22)17-16-19-18-15(23-16)12-5-6-12/h9,12H,5-8H2,1-4H3,(H,17,19,22). The quantitative estimate of drug-likeness (QED) is 0.882. The SMILES string of the molecule is Cc1nn(CC(C)C)c(C)c1CC(=O)Nc1nnc(C2CC2)s1. The van der Waals surface area contributed by atoms with Crippen molar-refractivity contribution in [3.8, 4) is 0 Å². The van der Waals surface area contributed by atoms with Crippen LogP contribution in [0.15, 0.2) is 0 Å². The van der Waals surface area contributed by atoms with E-state index in [1.54, 1.807) is 0 Å². The smallest absolute Gasteiger partial charge is 0.230 e. The van der Waals surface area contributed by atoms with E-state index in [9.17, 15) is 4.79 Å². The van der Waals surface area contributed by atoms with Crippen molar-refractivity contribution in [1.29, 1.82) is 0 Å². The molecule has 0 atom stereocenters. The van der Waals surface area contributed by atoms with E-state index >= 15 is 0 Å². The second kappa shape index (κ2) is 6.39. The first-order valence-electron chi connectivity index (χ1n) is 8.10. The number of rotatable bonds is 6. The Hall–Kier alpha value is -1.76. The van der Waals surface area contributed by atoms with Crippen LogP contribution in [0.1, 0.15) is 54.6 Å². The van der Waals surface area contributed by atoms with E-state index in [0.29, 0.717) is 23.4 Å². The molecule has 1 saturated carbocycles. The van der Waals surface area contributed by atoms with Crippen LogP contribution in [-0.2, 0) is 17.8 Å². The third-order valence-electron chi connectivity index (χ3n) is 4.02. The summed E-state index contributed by atoms with van der Waals surface area (Å²) < 4.78 is 2.00. The van der Waals surface area contributed by atoms with Gasteiger partial charge in [0, 0.05) is 23.7 Å². The number of carbonyl (C=O) groups is 1. The molecule has 0 radical (unpaired) electrons. The number of amides is 1. The summed E-state index contributed by atoms with van der Waals surface area (Å²) in [4.78, 5) is 12.3. The first-order valence-corrected chi connectivity index (χ1v) is 8.91. The maximum Gasteiger partial charge on any atom is 0.230 e. The topological polar surface area (TPSA) is 72.7 Å². The van der Waals surface area contributed by atoms with Crippen molar-refractivity contribution in [2.24, 2.45) is 5.92 Å². The largest absolute Gasteiger partial charge is 0.300 e. The number of anilines is 1. The number of hydrogen-bond acceptors (Lipinski definition) is 5. The van der Waals surface area contributed by atoms with Gasteiger partial charge in [-0.25, -0.2) is 0 Å². The van der Waals surface area contributed by atoms with Gasteiger partial charge < -0.3 is 5.32 Å². The Morgan fingerprint density at radius 2 is 2.09 bits per heavy atom. The van der Waals surface area contributed by atoms with Gasteiger partial charge in [-0.1, -0.05) is 25.2 Å².